The van der Waals surface area contributed by atoms with E-state index in [9.17, 15) is 0 Å². The third-order valence-corrected chi connectivity index (χ3v) is 2.49. The van der Waals surface area contributed by atoms with Crippen molar-refractivity contribution >= 4 is 5.96 Å². The summed E-state index contributed by atoms with van der Waals surface area (Å²) in [6.45, 7) is 3.40. The molecule has 0 fully saturated rings. The Bertz CT molecular complexity index is 198. The molecule has 0 atom stereocenters. The monoisotopic (exact) mass is 341 g/mol. The average Bonchev–Trinajstić information content (AvgIpc) is 2.11. The van der Waals surface area contributed by atoms with Crippen LogP contribution in [0.1, 0.15) is 32.6 Å². The van der Waals surface area contributed by atoms with E-state index >= 15 is 0 Å². The number of hydrogen-bond donors (Lipinski definition) is 0. The first-order chi connectivity index (χ1) is 7.00. The van der Waals surface area contributed by atoms with Crippen LogP contribution >= 0.6 is 0 Å². The van der Waals surface area contributed by atoms with Crippen molar-refractivity contribution in [2.24, 2.45) is 0 Å². The SMILES string of the molecule is CCCCCCN(C)C(N(C)C)=[N+](C)C.[I-]. The van der Waals surface area contributed by atoms with Crippen molar-refractivity contribution in [3.63, 3.8) is 0 Å². The van der Waals surface area contributed by atoms with Gasteiger partial charge in [-0.2, -0.15) is 0 Å². The molecule has 0 N–H and O–H groups in total. The van der Waals surface area contributed by atoms with Crippen LogP contribution in [-0.2, 0) is 0 Å². The second-order valence-corrected chi connectivity index (χ2v) is 4.57. The summed E-state index contributed by atoms with van der Waals surface area (Å²) < 4.78 is 2.17. The van der Waals surface area contributed by atoms with Gasteiger partial charge in [0.15, 0.2) is 0 Å². The van der Waals surface area contributed by atoms with Crippen molar-refractivity contribution in [2.45, 2.75) is 32.6 Å². The van der Waals surface area contributed by atoms with Gasteiger partial charge in [0.2, 0.25) is 0 Å². The summed E-state index contributed by atoms with van der Waals surface area (Å²) in [6.07, 6.45) is 5.29. The lowest BCUT2D eigenvalue weighted by Gasteiger charge is -2.21. The normalized spacial score (nSPS) is 9.38. The van der Waals surface area contributed by atoms with E-state index in [0.29, 0.717) is 0 Å². The summed E-state index contributed by atoms with van der Waals surface area (Å²) in [5, 5.41) is 0. The first-order valence-corrected chi connectivity index (χ1v) is 5.93. The van der Waals surface area contributed by atoms with Crippen LogP contribution in [0.15, 0.2) is 0 Å². The minimum atomic E-state index is 0. The first kappa shape index (κ1) is 18.4. The zero-order chi connectivity index (χ0) is 11.8. The molecule has 0 aromatic heterocycles. The minimum absolute atomic E-state index is 0. The van der Waals surface area contributed by atoms with Gasteiger partial charge in [-0.05, 0) is 6.42 Å². The fourth-order valence-electron chi connectivity index (χ4n) is 1.96. The zero-order valence-electron chi connectivity index (χ0n) is 11.8. The van der Waals surface area contributed by atoms with Gasteiger partial charge in [0, 0.05) is 0 Å². The van der Waals surface area contributed by atoms with Crippen molar-refractivity contribution in [2.75, 3.05) is 41.8 Å². The molecule has 0 aliphatic carbocycles. The van der Waals surface area contributed by atoms with E-state index in [0.717, 1.165) is 6.54 Å². The Morgan fingerprint density at radius 1 is 1.00 bits per heavy atom. The Hall–Kier alpha value is 0. The van der Waals surface area contributed by atoms with Crippen LogP contribution in [0.5, 0.6) is 0 Å². The molecule has 3 nitrogen and oxygen atoms in total. The molecule has 0 aromatic carbocycles. The second kappa shape index (κ2) is 10.2. The van der Waals surface area contributed by atoms with Gasteiger partial charge in [-0.1, -0.05) is 26.2 Å². The Morgan fingerprint density at radius 2 is 1.56 bits per heavy atom. The van der Waals surface area contributed by atoms with Crippen LogP contribution in [0.4, 0.5) is 0 Å². The average molecular weight is 341 g/mol. The standard InChI is InChI=1S/C12H28N3.HI/c1-7-8-9-10-11-15(6)12(13(2)3)14(4)5;/h7-11H2,1-6H3;1H/q+1;/p-1. The highest BCUT2D eigenvalue weighted by molar-refractivity contribution is 5.74. The maximum atomic E-state index is 2.33. The predicted octanol–water partition coefficient (Wildman–Crippen LogP) is -1.31. The fraction of sp³-hybridized carbons (Fsp3) is 0.917. The minimum Gasteiger partial charge on any atom is -1.00 e. The van der Waals surface area contributed by atoms with Crippen LogP contribution in [0.3, 0.4) is 0 Å². The van der Waals surface area contributed by atoms with Crippen molar-refractivity contribution in [1.29, 1.82) is 0 Å². The molecule has 0 aliphatic heterocycles. The number of guanidine groups is 1. The first-order valence-electron chi connectivity index (χ1n) is 5.93. The lowest BCUT2D eigenvalue weighted by atomic mass is 10.2. The summed E-state index contributed by atoms with van der Waals surface area (Å²) in [4.78, 5) is 4.50. The lowest BCUT2D eigenvalue weighted by Crippen LogP contribution is -3.00. The Kier molecular flexibility index (Phi) is 11.7. The molecule has 98 valence electrons. The maximum Gasteiger partial charge on any atom is 0.349 e. The third kappa shape index (κ3) is 7.30. The quantitative estimate of drug-likeness (QED) is 0.202. The number of hydrogen-bond acceptors (Lipinski definition) is 0. The van der Waals surface area contributed by atoms with Crippen molar-refractivity contribution in [1.82, 2.24) is 9.80 Å². The van der Waals surface area contributed by atoms with E-state index in [2.05, 4.69) is 56.5 Å². The molecule has 0 saturated carbocycles. The van der Waals surface area contributed by atoms with E-state index in [1.807, 2.05) is 0 Å². The topological polar surface area (TPSA) is 9.49 Å². The van der Waals surface area contributed by atoms with Crippen LogP contribution in [-0.4, -0.2) is 62.1 Å². The molecule has 0 rings (SSSR count). The van der Waals surface area contributed by atoms with Crippen LogP contribution < -0.4 is 24.0 Å². The summed E-state index contributed by atoms with van der Waals surface area (Å²) in [6, 6.07) is 0. The molecule has 0 spiro atoms. The molecule has 0 aliphatic rings. The van der Waals surface area contributed by atoms with E-state index < -0.39 is 0 Å². The highest BCUT2D eigenvalue weighted by atomic mass is 127. The molecule has 0 radical (unpaired) electrons. The number of nitrogens with zero attached hydrogens (tertiary/aromatic N) is 3. The molecule has 0 heterocycles. The van der Waals surface area contributed by atoms with Gasteiger partial charge in [-0.3, -0.25) is 14.4 Å². The molecule has 16 heavy (non-hydrogen) atoms. The van der Waals surface area contributed by atoms with E-state index in [1.54, 1.807) is 0 Å². The molecule has 0 aromatic rings. The van der Waals surface area contributed by atoms with E-state index in [4.69, 9.17) is 0 Å². The molecule has 4 heteroatoms. The van der Waals surface area contributed by atoms with E-state index in [-0.39, 0.29) is 24.0 Å². The van der Waals surface area contributed by atoms with Crippen molar-refractivity contribution in [3.8, 4) is 0 Å². The summed E-state index contributed by atoms with van der Waals surface area (Å²) in [5.41, 5.74) is 0. The lowest BCUT2D eigenvalue weighted by molar-refractivity contribution is -0.475. The maximum absolute atomic E-state index is 2.33. The van der Waals surface area contributed by atoms with Gasteiger partial charge >= 0.3 is 5.96 Å². The number of rotatable bonds is 5. The van der Waals surface area contributed by atoms with Crippen molar-refractivity contribution < 1.29 is 28.6 Å². The van der Waals surface area contributed by atoms with Crippen LogP contribution in [0.2, 0.25) is 0 Å². The molecule has 0 bridgehead atoms. The molecular weight excluding hydrogens is 313 g/mol. The zero-order valence-corrected chi connectivity index (χ0v) is 13.9. The van der Waals surface area contributed by atoms with Gasteiger partial charge in [-0.25, -0.2) is 0 Å². The Balaban J connectivity index is 0. The number of halogens is 1. The largest absolute Gasteiger partial charge is 1.00 e. The Morgan fingerprint density at radius 3 is 1.94 bits per heavy atom. The predicted molar refractivity (Wildman–Crippen MR) is 67.6 cm³/mol. The second-order valence-electron chi connectivity index (χ2n) is 4.57. The van der Waals surface area contributed by atoms with Crippen molar-refractivity contribution in [3.05, 3.63) is 0 Å². The van der Waals surface area contributed by atoms with Crippen LogP contribution in [0.25, 0.3) is 0 Å². The van der Waals surface area contributed by atoms with Gasteiger partial charge in [0.05, 0.1) is 41.8 Å². The molecule has 0 unspecified atom stereocenters. The van der Waals surface area contributed by atoms with Gasteiger partial charge in [0.1, 0.15) is 0 Å². The molecular formula is C12H28IN3. The highest BCUT2D eigenvalue weighted by Gasteiger charge is 2.17. The summed E-state index contributed by atoms with van der Waals surface area (Å²) in [5.74, 6) is 1.27. The van der Waals surface area contributed by atoms with Gasteiger partial charge in [-0.15, -0.1) is 0 Å². The molecule has 0 saturated heterocycles. The third-order valence-electron chi connectivity index (χ3n) is 2.49. The fourth-order valence-corrected chi connectivity index (χ4v) is 1.96. The van der Waals surface area contributed by atoms with Gasteiger partial charge in [0.25, 0.3) is 0 Å². The summed E-state index contributed by atoms with van der Waals surface area (Å²) in [7, 11) is 10.5. The van der Waals surface area contributed by atoms with Crippen LogP contribution in [0, 0.1) is 0 Å². The van der Waals surface area contributed by atoms with Gasteiger partial charge < -0.3 is 24.0 Å². The summed E-state index contributed by atoms with van der Waals surface area (Å²) >= 11 is 0. The smallest absolute Gasteiger partial charge is 0.349 e. The number of unbranched alkanes of at least 4 members (excludes halogenated alkanes) is 3. The molecule has 0 amide bonds. The van der Waals surface area contributed by atoms with E-state index in [1.165, 1.54) is 31.6 Å². The highest BCUT2D eigenvalue weighted by Crippen LogP contribution is 2.01. The Labute approximate surface area is 119 Å².